The van der Waals surface area contributed by atoms with Crippen molar-refractivity contribution in [2.24, 2.45) is 5.14 Å². The molecule has 0 aliphatic heterocycles. The first kappa shape index (κ1) is 13.9. The van der Waals surface area contributed by atoms with Crippen LogP contribution in [0, 0.1) is 0 Å². The number of nitrogens with one attached hydrogen (secondary N) is 1. The highest BCUT2D eigenvalue weighted by Crippen LogP contribution is 2.24. The number of hydrogen-bond donors (Lipinski definition) is 2. The molecule has 1 aromatic heterocycles. The predicted molar refractivity (Wildman–Crippen MR) is 72.8 cm³/mol. The second-order valence-electron chi connectivity index (χ2n) is 4.69. The van der Waals surface area contributed by atoms with Crippen LogP contribution in [-0.4, -0.2) is 19.4 Å². The number of nitrogens with two attached hydrogens (primary N) is 1. The van der Waals surface area contributed by atoms with Gasteiger partial charge in [-0.1, -0.05) is 13.3 Å². The summed E-state index contributed by atoms with van der Waals surface area (Å²) in [6, 6.07) is 0.642. The van der Waals surface area contributed by atoms with Gasteiger partial charge in [0.2, 0.25) is 10.0 Å². The molecule has 5 nitrogen and oxygen atoms in total. The molecule has 0 saturated heterocycles. The fraction of sp³-hybridized carbons (Fsp3) is 0.727. The van der Waals surface area contributed by atoms with Gasteiger partial charge in [-0.05, 0) is 19.3 Å². The Bertz CT molecular complexity index is 506. The topological polar surface area (TPSA) is 85.1 Å². The maximum Gasteiger partial charge on any atom is 0.215 e. The van der Waals surface area contributed by atoms with Gasteiger partial charge in [-0.2, -0.15) is 0 Å². The van der Waals surface area contributed by atoms with Crippen LogP contribution in [0.4, 0.5) is 0 Å². The second-order valence-corrected chi connectivity index (χ2v) is 7.47. The van der Waals surface area contributed by atoms with Gasteiger partial charge in [0.1, 0.15) is 10.8 Å². The number of aryl methyl sites for hydroxylation is 1. The van der Waals surface area contributed by atoms with E-state index in [4.69, 9.17) is 5.14 Å². The van der Waals surface area contributed by atoms with E-state index in [1.807, 2.05) is 0 Å². The smallest absolute Gasteiger partial charge is 0.215 e. The van der Waals surface area contributed by atoms with Crippen molar-refractivity contribution in [2.75, 3.05) is 0 Å². The molecule has 0 unspecified atom stereocenters. The van der Waals surface area contributed by atoms with Gasteiger partial charge in [0, 0.05) is 17.5 Å². The van der Waals surface area contributed by atoms with Crippen molar-refractivity contribution in [3.8, 4) is 0 Å². The number of sulfonamides is 1. The Morgan fingerprint density at radius 1 is 1.50 bits per heavy atom. The summed E-state index contributed by atoms with van der Waals surface area (Å²) < 4.78 is 22.2. The zero-order valence-electron chi connectivity index (χ0n) is 10.5. The molecule has 7 heteroatoms. The molecule has 0 aromatic carbocycles. The molecule has 1 aliphatic rings. The number of thiazole rings is 1. The average Bonchev–Trinajstić information content (AvgIpc) is 2.99. The SMILES string of the molecule is CCCc1nc(CS(N)(=O)=O)sc1CNC1CC1. The quantitative estimate of drug-likeness (QED) is 0.788. The van der Waals surface area contributed by atoms with Gasteiger partial charge in [-0.25, -0.2) is 18.5 Å². The summed E-state index contributed by atoms with van der Waals surface area (Å²) in [6.45, 7) is 2.89. The zero-order valence-corrected chi connectivity index (χ0v) is 12.1. The van der Waals surface area contributed by atoms with Crippen LogP contribution >= 0.6 is 11.3 Å². The van der Waals surface area contributed by atoms with E-state index in [-0.39, 0.29) is 5.75 Å². The summed E-state index contributed by atoms with van der Waals surface area (Å²) in [5.74, 6) is -0.155. The van der Waals surface area contributed by atoms with Crippen LogP contribution in [0.25, 0.3) is 0 Å². The third-order valence-electron chi connectivity index (χ3n) is 2.76. The molecular weight excluding hydrogens is 270 g/mol. The average molecular weight is 289 g/mol. The first-order valence-corrected chi connectivity index (χ1v) is 8.72. The lowest BCUT2D eigenvalue weighted by molar-refractivity contribution is 0.597. The Balaban J connectivity index is 2.08. The van der Waals surface area contributed by atoms with Crippen LogP contribution in [-0.2, 0) is 28.7 Å². The highest BCUT2D eigenvalue weighted by atomic mass is 32.2. The van der Waals surface area contributed by atoms with Gasteiger partial charge in [-0.3, -0.25) is 0 Å². The zero-order chi connectivity index (χ0) is 13.2. The summed E-state index contributed by atoms with van der Waals surface area (Å²) in [4.78, 5) is 5.56. The molecule has 102 valence electrons. The molecule has 1 fully saturated rings. The molecule has 1 saturated carbocycles. The van der Waals surface area contributed by atoms with Gasteiger partial charge >= 0.3 is 0 Å². The van der Waals surface area contributed by atoms with E-state index in [0.717, 1.165) is 30.0 Å². The molecule has 0 radical (unpaired) electrons. The molecule has 0 amide bonds. The molecule has 0 spiro atoms. The molecular formula is C11H19N3O2S2. The maximum absolute atomic E-state index is 11.1. The van der Waals surface area contributed by atoms with Crippen molar-refractivity contribution < 1.29 is 8.42 Å². The van der Waals surface area contributed by atoms with E-state index in [2.05, 4.69) is 17.2 Å². The highest BCUT2D eigenvalue weighted by Gasteiger charge is 2.22. The lowest BCUT2D eigenvalue weighted by atomic mass is 10.2. The van der Waals surface area contributed by atoms with Gasteiger partial charge in [0.05, 0.1) is 5.69 Å². The van der Waals surface area contributed by atoms with Gasteiger partial charge in [0.15, 0.2) is 0 Å². The van der Waals surface area contributed by atoms with Gasteiger partial charge < -0.3 is 5.32 Å². The summed E-state index contributed by atoms with van der Waals surface area (Å²) in [7, 11) is -3.49. The van der Waals surface area contributed by atoms with E-state index in [9.17, 15) is 8.42 Å². The van der Waals surface area contributed by atoms with Crippen LogP contribution < -0.4 is 10.5 Å². The lowest BCUT2D eigenvalue weighted by Gasteiger charge is -2.01. The third-order valence-corrected chi connectivity index (χ3v) is 4.72. The van der Waals surface area contributed by atoms with Crippen molar-refractivity contribution in [3.63, 3.8) is 0 Å². The third kappa shape index (κ3) is 4.31. The Hall–Kier alpha value is -0.500. The molecule has 1 heterocycles. The van der Waals surface area contributed by atoms with Crippen LogP contribution in [0.1, 0.15) is 41.8 Å². The van der Waals surface area contributed by atoms with Crippen molar-refractivity contribution >= 4 is 21.4 Å². The Morgan fingerprint density at radius 2 is 2.22 bits per heavy atom. The van der Waals surface area contributed by atoms with Crippen molar-refractivity contribution in [2.45, 2.75) is 50.9 Å². The number of primary sulfonamides is 1. The Labute approximate surface area is 112 Å². The van der Waals surface area contributed by atoms with Crippen LogP contribution in [0.5, 0.6) is 0 Å². The summed E-state index contributed by atoms with van der Waals surface area (Å²) in [6.07, 6.45) is 4.38. The standard InChI is InChI=1S/C11H19N3O2S2/c1-2-3-9-10(6-13-8-4-5-8)17-11(14-9)7-18(12,15)16/h8,13H,2-7H2,1H3,(H2,12,15,16). The van der Waals surface area contributed by atoms with Crippen LogP contribution in [0.3, 0.4) is 0 Å². The number of nitrogens with zero attached hydrogens (tertiary/aromatic N) is 1. The van der Waals surface area contributed by atoms with Crippen LogP contribution in [0.15, 0.2) is 0 Å². The maximum atomic E-state index is 11.1. The Kier molecular flexibility index (Phi) is 4.37. The minimum absolute atomic E-state index is 0.155. The molecule has 2 rings (SSSR count). The van der Waals surface area contributed by atoms with Crippen molar-refractivity contribution in [1.29, 1.82) is 0 Å². The van der Waals surface area contributed by atoms with Crippen molar-refractivity contribution in [1.82, 2.24) is 10.3 Å². The van der Waals surface area contributed by atoms with E-state index in [1.54, 1.807) is 0 Å². The first-order valence-electron chi connectivity index (χ1n) is 6.19. The summed E-state index contributed by atoms with van der Waals surface area (Å²) in [5.41, 5.74) is 1.02. The monoisotopic (exact) mass is 289 g/mol. The molecule has 18 heavy (non-hydrogen) atoms. The van der Waals surface area contributed by atoms with Crippen LogP contribution in [0.2, 0.25) is 0 Å². The van der Waals surface area contributed by atoms with E-state index in [1.165, 1.54) is 24.2 Å². The number of aromatic nitrogens is 1. The molecule has 0 atom stereocenters. The van der Waals surface area contributed by atoms with E-state index >= 15 is 0 Å². The molecule has 1 aromatic rings. The molecule has 1 aliphatic carbocycles. The fourth-order valence-corrected chi connectivity index (χ4v) is 3.76. The lowest BCUT2D eigenvalue weighted by Crippen LogP contribution is -2.15. The van der Waals surface area contributed by atoms with Gasteiger partial charge in [0.25, 0.3) is 0 Å². The number of hydrogen-bond acceptors (Lipinski definition) is 5. The molecule has 0 bridgehead atoms. The predicted octanol–water partition coefficient (Wildman–Crippen LogP) is 1.14. The minimum atomic E-state index is -3.49. The van der Waals surface area contributed by atoms with Crippen molar-refractivity contribution in [3.05, 3.63) is 15.6 Å². The molecule has 3 N–H and O–H groups in total. The number of rotatable bonds is 7. The Morgan fingerprint density at radius 3 is 2.78 bits per heavy atom. The summed E-state index contributed by atoms with van der Waals surface area (Å²) >= 11 is 1.46. The normalized spacial score (nSPS) is 16.1. The highest BCUT2D eigenvalue weighted by molar-refractivity contribution is 7.88. The van der Waals surface area contributed by atoms with E-state index in [0.29, 0.717) is 11.0 Å². The summed E-state index contributed by atoms with van der Waals surface area (Å²) in [5, 5.41) is 9.10. The van der Waals surface area contributed by atoms with Gasteiger partial charge in [-0.15, -0.1) is 11.3 Å². The first-order chi connectivity index (χ1) is 8.48. The largest absolute Gasteiger partial charge is 0.309 e. The minimum Gasteiger partial charge on any atom is -0.309 e. The fourth-order valence-electron chi connectivity index (χ4n) is 1.77. The van der Waals surface area contributed by atoms with E-state index < -0.39 is 10.0 Å². The second kappa shape index (κ2) is 5.64.